The van der Waals surface area contributed by atoms with Gasteiger partial charge in [0.25, 0.3) is 0 Å². The minimum absolute atomic E-state index is 0.145. The first-order valence-corrected chi connectivity index (χ1v) is 9.12. The highest BCUT2D eigenvalue weighted by molar-refractivity contribution is 5.92. The fourth-order valence-corrected chi connectivity index (χ4v) is 3.27. The molecule has 1 aliphatic rings. The normalized spacial score (nSPS) is 16.8. The van der Waals surface area contributed by atoms with Gasteiger partial charge in [-0.3, -0.25) is 9.89 Å². The van der Waals surface area contributed by atoms with Gasteiger partial charge in [0.15, 0.2) is 5.96 Å². The van der Waals surface area contributed by atoms with Gasteiger partial charge >= 0.3 is 6.36 Å². The van der Waals surface area contributed by atoms with Gasteiger partial charge in [-0.05, 0) is 55.8 Å². The van der Waals surface area contributed by atoms with Crippen molar-refractivity contribution in [3.8, 4) is 5.75 Å². The van der Waals surface area contributed by atoms with E-state index in [2.05, 4.69) is 32.1 Å². The van der Waals surface area contributed by atoms with Crippen LogP contribution in [0.25, 0.3) is 0 Å². The zero-order valence-electron chi connectivity index (χ0n) is 15.3. The Hall–Kier alpha value is -2.74. The van der Waals surface area contributed by atoms with Gasteiger partial charge in [0.1, 0.15) is 5.75 Å². The zero-order chi connectivity index (χ0) is 20.0. The van der Waals surface area contributed by atoms with Crippen LogP contribution in [0.5, 0.6) is 5.75 Å². The van der Waals surface area contributed by atoms with E-state index >= 15 is 0 Å². The topological polar surface area (TPSA) is 62.9 Å². The number of hydrogen-bond acceptors (Lipinski definition) is 3. The highest BCUT2D eigenvalue weighted by Gasteiger charge is 2.31. The van der Waals surface area contributed by atoms with Crippen molar-refractivity contribution in [1.29, 1.82) is 0 Å². The van der Waals surface area contributed by atoms with E-state index in [4.69, 9.17) is 5.73 Å². The third-order valence-corrected chi connectivity index (χ3v) is 4.56. The molecule has 28 heavy (non-hydrogen) atoms. The van der Waals surface area contributed by atoms with E-state index in [1.54, 1.807) is 0 Å². The highest BCUT2D eigenvalue weighted by Crippen LogP contribution is 2.26. The van der Waals surface area contributed by atoms with Crippen molar-refractivity contribution >= 4 is 11.6 Å². The molecule has 0 aliphatic carbocycles. The first-order valence-electron chi connectivity index (χ1n) is 9.12. The van der Waals surface area contributed by atoms with Crippen LogP contribution in [0.2, 0.25) is 0 Å². The number of halogens is 3. The minimum atomic E-state index is -4.71. The summed E-state index contributed by atoms with van der Waals surface area (Å²) in [5.74, 6) is -0.0728. The van der Waals surface area contributed by atoms with Crippen LogP contribution in [0, 0.1) is 0 Å². The summed E-state index contributed by atoms with van der Waals surface area (Å²) in [6, 6.07) is 15.7. The Balaban J connectivity index is 1.63. The number of aliphatic imine (C=N–C) groups is 1. The highest BCUT2D eigenvalue weighted by atomic mass is 19.4. The van der Waals surface area contributed by atoms with Crippen molar-refractivity contribution in [2.75, 3.05) is 25.0 Å². The largest absolute Gasteiger partial charge is 0.573 e. The molecule has 1 saturated heterocycles. The number of nitrogens with zero attached hydrogens (tertiary/aromatic N) is 2. The van der Waals surface area contributed by atoms with E-state index in [1.807, 2.05) is 18.2 Å². The number of likely N-dealkylation sites (tertiary alicyclic amines) is 1. The standard InChI is InChI=1S/C20H23F3N4O/c21-20(22,23)28-17-10-8-16(9-11-17)26-19(24)25-14-18(27-12-4-5-13-27)15-6-2-1-3-7-15/h1-3,6-11,18H,4-5,12-14H2,(H3,24,25,26). The molecule has 2 aromatic carbocycles. The van der Waals surface area contributed by atoms with Gasteiger partial charge in [0, 0.05) is 5.69 Å². The fourth-order valence-electron chi connectivity index (χ4n) is 3.27. The van der Waals surface area contributed by atoms with E-state index in [-0.39, 0.29) is 17.8 Å². The molecular formula is C20H23F3N4O. The van der Waals surface area contributed by atoms with Gasteiger partial charge in [-0.15, -0.1) is 13.2 Å². The minimum Gasteiger partial charge on any atom is -0.406 e. The van der Waals surface area contributed by atoms with Crippen molar-refractivity contribution in [2.24, 2.45) is 10.7 Å². The summed E-state index contributed by atoms with van der Waals surface area (Å²) in [7, 11) is 0. The summed E-state index contributed by atoms with van der Waals surface area (Å²) in [5.41, 5.74) is 7.70. The maximum atomic E-state index is 12.2. The number of alkyl halides is 3. The Morgan fingerprint density at radius 1 is 1.07 bits per heavy atom. The number of guanidine groups is 1. The molecule has 2 aromatic rings. The predicted octanol–water partition coefficient (Wildman–Crippen LogP) is 4.15. The Morgan fingerprint density at radius 3 is 2.32 bits per heavy atom. The monoisotopic (exact) mass is 392 g/mol. The molecule has 0 saturated carbocycles. The summed E-state index contributed by atoms with van der Waals surface area (Å²) in [5, 5.41) is 2.90. The van der Waals surface area contributed by atoms with Crippen molar-refractivity contribution in [2.45, 2.75) is 25.2 Å². The van der Waals surface area contributed by atoms with Crippen LogP contribution < -0.4 is 15.8 Å². The molecular weight excluding hydrogens is 369 g/mol. The first-order chi connectivity index (χ1) is 13.4. The summed E-state index contributed by atoms with van der Waals surface area (Å²) < 4.78 is 40.5. The van der Waals surface area contributed by atoms with Gasteiger partial charge in [0.2, 0.25) is 0 Å². The lowest BCUT2D eigenvalue weighted by molar-refractivity contribution is -0.274. The average molecular weight is 392 g/mol. The van der Waals surface area contributed by atoms with Gasteiger partial charge < -0.3 is 15.8 Å². The lowest BCUT2D eigenvalue weighted by atomic mass is 10.1. The molecule has 0 bridgehead atoms. The van der Waals surface area contributed by atoms with Crippen LogP contribution in [0.15, 0.2) is 59.6 Å². The second-order valence-electron chi connectivity index (χ2n) is 6.59. The molecule has 0 amide bonds. The van der Waals surface area contributed by atoms with Crippen LogP contribution in [-0.2, 0) is 0 Å². The Kier molecular flexibility index (Phi) is 6.41. The van der Waals surface area contributed by atoms with Crippen LogP contribution in [0.1, 0.15) is 24.4 Å². The second-order valence-corrected chi connectivity index (χ2v) is 6.59. The van der Waals surface area contributed by atoms with E-state index < -0.39 is 6.36 Å². The lowest BCUT2D eigenvalue weighted by Gasteiger charge is -2.26. The Labute approximate surface area is 162 Å². The molecule has 8 heteroatoms. The third kappa shape index (κ3) is 5.88. The number of nitrogens with two attached hydrogens (primary N) is 1. The quantitative estimate of drug-likeness (QED) is 0.573. The van der Waals surface area contributed by atoms with E-state index in [0.29, 0.717) is 12.2 Å². The molecule has 3 N–H and O–H groups in total. The molecule has 1 unspecified atom stereocenters. The number of rotatable bonds is 6. The summed E-state index contributed by atoms with van der Waals surface area (Å²) in [4.78, 5) is 6.85. The molecule has 5 nitrogen and oxygen atoms in total. The van der Waals surface area contributed by atoms with Crippen LogP contribution in [-0.4, -0.2) is 36.9 Å². The van der Waals surface area contributed by atoms with Crippen molar-refractivity contribution in [1.82, 2.24) is 4.90 Å². The van der Waals surface area contributed by atoms with Crippen molar-refractivity contribution in [3.05, 3.63) is 60.2 Å². The molecule has 0 radical (unpaired) electrons. The molecule has 3 rings (SSSR count). The van der Waals surface area contributed by atoms with Gasteiger partial charge in [-0.2, -0.15) is 0 Å². The second kappa shape index (κ2) is 8.97. The SMILES string of the molecule is NC(=NCC(c1ccccc1)N1CCCC1)Nc1ccc(OC(F)(F)F)cc1. The summed E-state index contributed by atoms with van der Waals surface area (Å²) in [6.07, 6.45) is -2.36. The van der Waals surface area contributed by atoms with Crippen molar-refractivity contribution < 1.29 is 17.9 Å². The molecule has 1 heterocycles. The molecule has 1 atom stereocenters. The van der Waals surface area contributed by atoms with Crippen LogP contribution in [0.3, 0.4) is 0 Å². The number of hydrogen-bond donors (Lipinski definition) is 2. The Bertz CT molecular complexity index is 772. The molecule has 150 valence electrons. The van der Waals surface area contributed by atoms with Crippen LogP contribution >= 0.6 is 0 Å². The number of benzene rings is 2. The molecule has 1 aliphatic heterocycles. The summed E-state index contributed by atoms with van der Waals surface area (Å²) in [6.45, 7) is 2.56. The number of anilines is 1. The third-order valence-electron chi connectivity index (χ3n) is 4.56. The average Bonchev–Trinajstić information content (AvgIpc) is 3.18. The lowest BCUT2D eigenvalue weighted by Crippen LogP contribution is -2.30. The fraction of sp³-hybridized carbons (Fsp3) is 0.350. The molecule has 0 aromatic heterocycles. The first kappa shape index (κ1) is 20.0. The van der Waals surface area contributed by atoms with Gasteiger partial charge in [-0.25, -0.2) is 0 Å². The predicted molar refractivity (Wildman–Crippen MR) is 103 cm³/mol. The Morgan fingerprint density at radius 2 is 1.71 bits per heavy atom. The maximum Gasteiger partial charge on any atom is 0.573 e. The zero-order valence-corrected chi connectivity index (χ0v) is 15.3. The smallest absolute Gasteiger partial charge is 0.406 e. The summed E-state index contributed by atoms with van der Waals surface area (Å²) >= 11 is 0. The van der Waals surface area contributed by atoms with E-state index in [1.165, 1.54) is 42.7 Å². The van der Waals surface area contributed by atoms with E-state index in [9.17, 15) is 13.2 Å². The van der Waals surface area contributed by atoms with E-state index in [0.717, 1.165) is 13.1 Å². The number of nitrogens with one attached hydrogen (secondary N) is 1. The molecule has 1 fully saturated rings. The van der Waals surface area contributed by atoms with Gasteiger partial charge in [0.05, 0.1) is 12.6 Å². The van der Waals surface area contributed by atoms with Crippen molar-refractivity contribution in [3.63, 3.8) is 0 Å². The number of ether oxygens (including phenoxy) is 1. The van der Waals surface area contributed by atoms with Crippen LogP contribution in [0.4, 0.5) is 18.9 Å². The maximum absolute atomic E-state index is 12.2. The molecule has 0 spiro atoms. The van der Waals surface area contributed by atoms with Gasteiger partial charge in [-0.1, -0.05) is 30.3 Å².